The molecular weight excluding hydrogens is 508 g/mol. The number of rotatable bonds is 7. The summed E-state index contributed by atoms with van der Waals surface area (Å²) in [4.78, 5) is 13.4. The molecule has 32 heavy (non-hydrogen) atoms. The topological polar surface area (TPSA) is 66.5 Å². The van der Waals surface area contributed by atoms with Gasteiger partial charge in [-0.2, -0.15) is 0 Å². The molecule has 0 radical (unpaired) electrons. The van der Waals surface area contributed by atoms with Crippen LogP contribution in [0.25, 0.3) is 10.1 Å². The van der Waals surface area contributed by atoms with Gasteiger partial charge in [0.15, 0.2) is 0 Å². The van der Waals surface area contributed by atoms with Crippen molar-refractivity contribution >= 4 is 59.0 Å². The Morgan fingerprint density at radius 1 is 1.00 bits per heavy atom. The van der Waals surface area contributed by atoms with E-state index >= 15 is 0 Å². The quantitative estimate of drug-likeness (QED) is 0.329. The molecule has 0 fully saturated rings. The first-order valence-electron chi connectivity index (χ1n) is 10.0. The average molecular weight is 529 g/mol. The third-order valence-electron chi connectivity index (χ3n) is 5.00. The van der Waals surface area contributed by atoms with Crippen LogP contribution in [0.1, 0.15) is 22.2 Å². The summed E-state index contributed by atoms with van der Waals surface area (Å²) in [7, 11) is -3.70. The molecular formula is C24H21BrN2O3S2. The summed E-state index contributed by atoms with van der Waals surface area (Å²) < 4.78 is 29.5. The third kappa shape index (κ3) is 4.72. The molecule has 8 heteroatoms. The second kappa shape index (κ2) is 9.44. The number of halogens is 1. The minimum Gasteiger partial charge on any atom is -0.347 e. The summed E-state index contributed by atoms with van der Waals surface area (Å²) in [6.07, 6.45) is 0. The number of carbonyl (C=O) groups is 1. The summed E-state index contributed by atoms with van der Waals surface area (Å²) in [5, 5.41) is 3.77. The van der Waals surface area contributed by atoms with Crippen LogP contribution in [0.5, 0.6) is 0 Å². The number of benzene rings is 3. The number of anilines is 1. The molecule has 0 aliphatic carbocycles. The molecule has 1 aromatic heterocycles. The van der Waals surface area contributed by atoms with E-state index in [1.165, 1.54) is 15.6 Å². The summed E-state index contributed by atoms with van der Waals surface area (Å²) in [5.74, 6) is -0.147. The third-order valence-corrected chi connectivity index (χ3v) is 8.56. The molecule has 3 aromatic carbocycles. The largest absolute Gasteiger partial charge is 0.347 e. The van der Waals surface area contributed by atoms with E-state index in [4.69, 9.17) is 0 Å². The molecule has 1 heterocycles. The van der Waals surface area contributed by atoms with E-state index in [1.54, 1.807) is 37.3 Å². The predicted octanol–water partition coefficient (Wildman–Crippen LogP) is 5.81. The first-order chi connectivity index (χ1) is 15.4. The number of thiophene rings is 1. The van der Waals surface area contributed by atoms with Crippen molar-refractivity contribution in [3.63, 3.8) is 0 Å². The van der Waals surface area contributed by atoms with Gasteiger partial charge in [0, 0.05) is 22.3 Å². The molecule has 0 atom stereocenters. The summed E-state index contributed by atoms with van der Waals surface area (Å²) in [6, 6.07) is 23.6. The van der Waals surface area contributed by atoms with Crippen LogP contribution in [-0.4, -0.2) is 20.9 Å². The molecule has 164 valence electrons. The lowest BCUT2D eigenvalue weighted by atomic mass is 10.2. The molecule has 0 bridgehead atoms. The zero-order valence-corrected chi connectivity index (χ0v) is 20.5. The van der Waals surface area contributed by atoms with Gasteiger partial charge >= 0.3 is 0 Å². The van der Waals surface area contributed by atoms with Gasteiger partial charge in [0.1, 0.15) is 0 Å². The second-order valence-electron chi connectivity index (χ2n) is 7.12. The van der Waals surface area contributed by atoms with E-state index in [0.717, 1.165) is 20.1 Å². The first kappa shape index (κ1) is 22.5. The van der Waals surface area contributed by atoms with Crippen LogP contribution in [0, 0.1) is 0 Å². The monoisotopic (exact) mass is 528 g/mol. The lowest BCUT2D eigenvalue weighted by Crippen LogP contribution is -2.30. The average Bonchev–Trinajstić information content (AvgIpc) is 3.22. The predicted molar refractivity (Wildman–Crippen MR) is 134 cm³/mol. The van der Waals surface area contributed by atoms with E-state index in [1.807, 2.05) is 48.5 Å². The Morgan fingerprint density at radius 2 is 1.72 bits per heavy atom. The molecule has 1 amide bonds. The lowest BCUT2D eigenvalue weighted by molar-refractivity contribution is 0.0955. The first-order valence-corrected chi connectivity index (χ1v) is 13.1. The van der Waals surface area contributed by atoms with Crippen LogP contribution in [0.4, 0.5) is 5.69 Å². The highest BCUT2D eigenvalue weighted by atomic mass is 79.9. The van der Waals surface area contributed by atoms with Crippen LogP contribution < -0.4 is 9.62 Å². The number of nitrogens with one attached hydrogen (secondary N) is 1. The molecule has 1 N–H and O–H groups in total. The maximum atomic E-state index is 13.2. The minimum atomic E-state index is -3.70. The highest BCUT2D eigenvalue weighted by Crippen LogP contribution is 2.32. The van der Waals surface area contributed by atoms with Gasteiger partial charge in [-0.25, -0.2) is 8.42 Å². The second-order valence-corrected chi connectivity index (χ2v) is 11.0. The normalized spacial score (nSPS) is 11.4. The number of nitrogens with zero attached hydrogens (tertiary/aromatic N) is 1. The van der Waals surface area contributed by atoms with E-state index in [9.17, 15) is 13.2 Å². The van der Waals surface area contributed by atoms with Gasteiger partial charge in [0.05, 0.1) is 15.5 Å². The van der Waals surface area contributed by atoms with Crippen molar-refractivity contribution < 1.29 is 13.2 Å². The van der Waals surface area contributed by atoms with Gasteiger partial charge in [-0.15, -0.1) is 11.3 Å². The van der Waals surface area contributed by atoms with Crippen LogP contribution in [0.3, 0.4) is 0 Å². The van der Waals surface area contributed by atoms with Crippen LogP contribution in [-0.2, 0) is 16.6 Å². The number of carbonyl (C=O) groups excluding carboxylic acids is 1. The van der Waals surface area contributed by atoms with Crippen molar-refractivity contribution in [3.05, 3.63) is 93.8 Å². The molecule has 0 saturated carbocycles. The maximum absolute atomic E-state index is 13.2. The summed E-state index contributed by atoms with van der Waals surface area (Å²) in [5.41, 5.74) is 1.60. The van der Waals surface area contributed by atoms with Crippen molar-refractivity contribution in [2.45, 2.75) is 18.4 Å². The van der Waals surface area contributed by atoms with Crippen molar-refractivity contribution in [2.75, 3.05) is 10.8 Å². The van der Waals surface area contributed by atoms with E-state index in [-0.39, 0.29) is 10.8 Å². The van der Waals surface area contributed by atoms with E-state index in [0.29, 0.717) is 23.7 Å². The van der Waals surface area contributed by atoms with Crippen LogP contribution in [0.2, 0.25) is 0 Å². The molecule has 0 unspecified atom stereocenters. The maximum Gasteiger partial charge on any atom is 0.264 e. The van der Waals surface area contributed by atoms with Gasteiger partial charge in [-0.05, 0) is 66.4 Å². The van der Waals surface area contributed by atoms with Crippen molar-refractivity contribution in [2.24, 2.45) is 0 Å². The fourth-order valence-electron chi connectivity index (χ4n) is 3.39. The Kier molecular flexibility index (Phi) is 6.64. The molecule has 0 spiro atoms. The van der Waals surface area contributed by atoms with Gasteiger partial charge in [0.2, 0.25) is 0 Å². The molecule has 5 nitrogen and oxygen atoms in total. The van der Waals surface area contributed by atoms with Crippen molar-refractivity contribution in [1.29, 1.82) is 0 Å². The molecule has 4 aromatic rings. The molecule has 0 saturated heterocycles. The van der Waals surface area contributed by atoms with Crippen molar-refractivity contribution in [3.8, 4) is 0 Å². The zero-order chi connectivity index (χ0) is 22.7. The minimum absolute atomic E-state index is 0.147. The standard InChI is InChI=1S/C24H21BrN2O3S2/c1-2-27(32(29,30)21-11-8-19(25)9-12-21)20-10-13-22-18(14-20)15-23(31-22)24(28)26-16-17-6-4-3-5-7-17/h3-15H,2,16H2,1H3,(H,26,28). The Balaban J connectivity index is 1.58. The summed E-state index contributed by atoms with van der Waals surface area (Å²) in [6.45, 7) is 2.54. The van der Waals surface area contributed by atoms with Gasteiger partial charge in [-0.1, -0.05) is 46.3 Å². The number of fused-ring (bicyclic) bond motifs is 1. The van der Waals surface area contributed by atoms with Crippen molar-refractivity contribution in [1.82, 2.24) is 5.32 Å². The zero-order valence-electron chi connectivity index (χ0n) is 17.3. The van der Waals surface area contributed by atoms with Crippen LogP contribution in [0.15, 0.2) is 88.2 Å². The number of hydrogen-bond acceptors (Lipinski definition) is 4. The Morgan fingerprint density at radius 3 is 2.41 bits per heavy atom. The lowest BCUT2D eigenvalue weighted by Gasteiger charge is -2.23. The molecule has 4 rings (SSSR count). The Bertz CT molecular complexity index is 1350. The Labute approximate surface area is 199 Å². The van der Waals surface area contributed by atoms with Crippen LogP contribution >= 0.6 is 27.3 Å². The highest BCUT2D eigenvalue weighted by Gasteiger charge is 2.24. The number of hydrogen-bond donors (Lipinski definition) is 1. The SMILES string of the molecule is CCN(c1ccc2sc(C(=O)NCc3ccccc3)cc2c1)S(=O)(=O)c1ccc(Br)cc1. The number of sulfonamides is 1. The van der Waals surface area contributed by atoms with E-state index < -0.39 is 10.0 Å². The van der Waals surface area contributed by atoms with Gasteiger partial charge < -0.3 is 5.32 Å². The number of amides is 1. The smallest absolute Gasteiger partial charge is 0.264 e. The van der Waals surface area contributed by atoms with E-state index in [2.05, 4.69) is 21.2 Å². The Hall–Kier alpha value is -2.68. The highest BCUT2D eigenvalue weighted by molar-refractivity contribution is 9.10. The van der Waals surface area contributed by atoms with Gasteiger partial charge in [0.25, 0.3) is 15.9 Å². The van der Waals surface area contributed by atoms with Gasteiger partial charge in [-0.3, -0.25) is 9.10 Å². The fourth-order valence-corrected chi connectivity index (χ4v) is 6.08. The molecule has 0 aliphatic heterocycles. The fraction of sp³-hybridized carbons (Fsp3) is 0.125. The summed E-state index contributed by atoms with van der Waals surface area (Å²) >= 11 is 4.73. The molecule has 0 aliphatic rings.